The van der Waals surface area contributed by atoms with E-state index in [9.17, 15) is 0 Å². The summed E-state index contributed by atoms with van der Waals surface area (Å²) in [7, 11) is 0. The van der Waals surface area contributed by atoms with E-state index in [4.69, 9.17) is 5.11 Å². The molecule has 1 atom stereocenters. The molecule has 0 amide bonds. The lowest BCUT2D eigenvalue weighted by molar-refractivity contribution is 0.200. The van der Waals surface area contributed by atoms with E-state index in [-0.39, 0.29) is 6.10 Å². The highest BCUT2D eigenvalue weighted by atomic mass is 32.2. The molecule has 0 aromatic carbocycles. The quantitative estimate of drug-likeness (QED) is 0.609. The number of aliphatic hydroxyl groups is 1. The Morgan fingerprint density at radius 2 is 2.33 bits per heavy atom. The van der Waals surface area contributed by atoms with Crippen LogP contribution in [0.3, 0.4) is 0 Å². The van der Waals surface area contributed by atoms with Crippen molar-refractivity contribution < 1.29 is 5.11 Å². The topological polar surface area (TPSA) is 20.2 Å². The van der Waals surface area contributed by atoms with Crippen molar-refractivity contribution in [3.05, 3.63) is 12.2 Å². The van der Waals surface area contributed by atoms with E-state index in [1.165, 1.54) is 0 Å². The summed E-state index contributed by atoms with van der Waals surface area (Å²) in [5.41, 5.74) is 1.05. The van der Waals surface area contributed by atoms with E-state index >= 15 is 0 Å². The van der Waals surface area contributed by atoms with Crippen LogP contribution in [0.2, 0.25) is 0 Å². The van der Waals surface area contributed by atoms with Crippen LogP contribution in [-0.4, -0.2) is 23.2 Å². The van der Waals surface area contributed by atoms with E-state index in [1.54, 1.807) is 11.8 Å². The van der Waals surface area contributed by atoms with Gasteiger partial charge in [-0.1, -0.05) is 5.57 Å². The number of thioether (sulfide) groups is 1. The van der Waals surface area contributed by atoms with Gasteiger partial charge in [-0.25, -0.2) is 0 Å². The number of hydrogen-bond donors (Lipinski definition) is 1. The second kappa shape index (κ2) is 4.89. The minimum Gasteiger partial charge on any atom is -0.392 e. The molecule has 0 fully saturated rings. The van der Waals surface area contributed by atoms with Gasteiger partial charge in [-0.05, 0) is 19.6 Å². The summed E-state index contributed by atoms with van der Waals surface area (Å²) >= 11 is 1.66. The van der Waals surface area contributed by atoms with Gasteiger partial charge in [-0.3, -0.25) is 0 Å². The molecule has 0 aliphatic rings. The first-order valence-electron chi connectivity index (χ1n) is 2.98. The van der Waals surface area contributed by atoms with Crippen LogP contribution < -0.4 is 0 Å². The summed E-state index contributed by atoms with van der Waals surface area (Å²) in [5, 5.41) is 9.14. The van der Waals surface area contributed by atoms with Crippen molar-refractivity contribution >= 4 is 11.8 Å². The van der Waals surface area contributed by atoms with Crippen LogP contribution in [0.1, 0.15) is 13.3 Å². The highest BCUT2D eigenvalue weighted by Gasteiger charge is 2.00. The Kier molecular flexibility index (Phi) is 4.91. The van der Waals surface area contributed by atoms with Gasteiger partial charge in [0.05, 0.1) is 6.10 Å². The highest BCUT2D eigenvalue weighted by molar-refractivity contribution is 7.98. The zero-order valence-corrected chi connectivity index (χ0v) is 6.87. The predicted octanol–water partition coefficient (Wildman–Crippen LogP) is 1.68. The Bertz CT molecular complexity index is 90.9. The lowest BCUT2D eigenvalue weighted by Crippen LogP contribution is -2.09. The van der Waals surface area contributed by atoms with Gasteiger partial charge in [-0.15, -0.1) is 6.58 Å². The van der Waals surface area contributed by atoms with E-state index in [0.29, 0.717) is 0 Å². The molecule has 9 heavy (non-hydrogen) atoms. The molecule has 2 heteroatoms. The van der Waals surface area contributed by atoms with Crippen LogP contribution in [0.4, 0.5) is 0 Å². The molecule has 54 valence electrons. The average molecular weight is 146 g/mol. The smallest absolute Gasteiger partial charge is 0.0667 e. The van der Waals surface area contributed by atoms with Crippen LogP contribution in [0.5, 0.6) is 0 Å². The monoisotopic (exact) mass is 146 g/mol. The SMILES string of the molecule is C=C(C)CC(O)CSC. The van der Waals surface area contributed by atoms with Crippen LogP contribution in [-0.2, 0) is 0 Å². The van der Waals surface area contributed by atoms with Crippen LogP contribution in [0.25, 0.3) is 0 Å². The third kappa shape index (κ3) is 5.93. The minimum absolute atomic E-state index is 0.197. The van der Waals surface area contributed by atoms with Gasteiger partial charge in [0.15, 0.2) is 0 Å². The van der Waals surface area contributed by atoms with Gasteiger partial charge in [0, 0.05) is 5.75 Å². The largest absolute Gasteiger partial charge is 0.392 e. The maximum Gasteiger partial charge on any atom is 0.0667 e. The molecule has 0 heterocycles. The van der Waals surface area contributed by atoms with Gasteiger partial charge < -0.3 is 5.11 Å². The van der Waals surface area contributed by atoms with Crippen molar-refractivity contribution in [2.45, 2.75) is 19.4 Å². The fourth-order valence-corrected chi connectivity index (χ4v) is 1.16. The fourth-order valence-electron chi connectivity index (χ4n) is 0.654. The van der Waals surface area contributed by atoms with E-state index in [1.807, 2.05) is 13.2 Å². The Morgan fingerprint density at radius 1 is 1.78 bits per heavy atom. The van der Waals surface area contributed by atoms with Crippen LogP contribution >= 0.6 is 11.8 Å². The highest BCUT2D eigenvalue weighted by Crippen LogP contribution is 2.05. The Balaban J connectivity index is 3.26. The first-order valence-corrected chi connectivity index (χ1v) is 4.37. The molecule has 0 bridgehead atoms. The summed E-state index contributed by atoms with van der Waals surface area (Å²) in [5.74, 6) is 0.812. The second-order valence-corrected chi connectivity index (χ2v) is 3.18. The summed E-state index contributed by atoms with van der Waals surface area (Å²) in [6.45, 7) is 5.64. The molecule has 0 saturated heterocycles. The molecule has 1 unspecified atom stereocenters. The summed E-state index contributed by atoms with van der Waals surface area (Å²) in [6, 6.07) is 0. The normalized spacial score (nSPS) is 13.2. The molecule has 0 aliphatic heterocycles. The third-order valence-electron chi connectivity index (χ3n) is 0.943. The lowest BCUT2D eigenvalue weighted by atomic mass is 10.2. The van der Waals surface area contributed by atoms with Crippen LogP contribution in [0, 0.1) is 0 Å². The Hall–Kier alpha value is 0.0500. The number of aliphatic hydroxyl groups excluding tert-OH is 1. The van der Waals surface area contributed by atoms with Crippen LogP contribution in [0.15, 0.2) is 12.2 Å². The van der Waals surface area contributed by atoms with E-state index in [0.717, 1.165) is 17.7 Å². The molecular formula is C7H14OS. The van der Waals surface area contributed by atoms with E-state index < -0.39 is 0 Å². The Labute approximate surface area is 61.2 Å². The average Bonchev–Trinajstić information content (AvgIpc) is 1.63. The van der Waals surface area contributed by atoms with Crippen molar-refractivity contribution in [3.8, 4) is 0 Å². The van der Waals surface area contributed by atoms with Gasteiger partial charge in [0.1, 0.15) is 0 Å². The lowest BCUT2D eigenvalue weighted by Gasteiger charge is -2.06. The van der Waals surface area contributed by atoms with Crippen molar-refractivity contribution in [1.29, 1.82) is 0 Å². The van der Waals surface area contributed by atoms with E-state index in [2.05, 4.69) is 6.58 Å². The molecule has 0 saturated carbocycles. The summed E-state index contributed by atoms with van der Waals surface area (Å²) in [4.78, 5) is 0. The first-order chi connectivity index (χ1) is 4.16. The predicted molar refractivity (Wildman–Crippen MR) is 43.8 cm³/mol. The zero-order chi connectivity index (χ0) is 7.28. The minimum atomic E-state index is -0.197. The van der Waals surface area contributed by atoms with Crippen molar-refractivity contribution in [3.63, 3.8) is 0 Å². The first kappa shape index (κ1) is 9.05. The molecular weight excluding hydrogens is 132 g/mol. The molecule has 0 rings (SSSR count). The second-order valence-electron chi connectivity index (χ2n) is 2.27. The standard InChI is InChI=1S/C7H14OS/c1-6(2)4-7(8)5-9-3/h7-8H,1,4-5H2,2-3H3. The van der Waals surface area contributed by atoms with Crippen molar-refractivity contribution in [1.82, 2.24) is 0 Å². The maximum atomic E-state index is 9.14. The maximum absolute atomic E-state index is 9.14. The van der Waals surface area contributed by atoms with Crippen molar-refractivity contribution in [2.24, 2.45) is 0 Å². The van der Waals surface area contributed by atoms with Crippen molar-refractivity contribution in [2.75, 3.05) is 12.0 Å². The molecule has 0 radical (unpaired) electrons. The molecule has 0 aromatic rings. The fraction of sp³-hybridized carbons (Fsp3) is 0.714. The molecule has 0 aromatic heterocycles. The number of hydrogen-bond acceptors (Lipinski definition) is 2. The Morgan fingerprint density at radius 3 is 2.67 bits per heavy atom. The van der Waals surface area contributed by atoms with Gasteiger partial charge >= 0.3 is 0 Å². The molecule has 1 nitrogen and oxygen atoms in total. The van der Waals surface area contributed by atoms with Gasteiger partial charge in [0.2, 0.25) is 0 Å². The number of rotatable bonds is 4. The van der Waals surface area contributed by atoms with Gasteiger partial charge in [-0.2, -0.15) is 11.8 Å². The zero-order valence-electron chi connectivity index (χ0n) is 6.05. The summed E-state index contributed by atoms with van der Waals surface area (Å²) < 4.78 is 0. The van der Waals surface area contributed by atoms with Gasteiger partial charge in [0.25, 0.3) is 0 Å². The third-order valence-corrected chi connectivity index (χ3v) is 1.66. The molecule has 0 aliphatic carbocycles. The molecule has 0 spiro atoms. The molecule has 1 N–H and O–H groups in total. The summed E-state index contributed by atoms with van der Waals surface area (Å²) in [6.07, 6.45) is 2.53.